The van der Waals surface area contributed by atoms with Crippen molar-refractivity contribution in [3.8, 4) is 0 Å². The number of amides is 1. The molecule has 0 aliphatic heterocycles. The zero-order chi connectivity index (χ0) is 16.0. The molecule has 8 heteroatoms. The highest BCUT2D eigenvalue weighted by Gasteiger charge is 2.24. The zero-order valence-electron chi connectivity index (χ0n) is 12.2. The van der Waals surface area contributed by atoms with E-state index in [1.165, 1.54) is 20.2 Å². The Labute approximate surface area is 133 Å². The molecule has 0 saturated heterocycles. The SMILES string of the molecule is COCCNC(=O)CN(C)S(=O)(=O)c1cc(Br)ccc1C. The Hall–Kier alpha value is -0.960. The first-order valence-electron chi connectivity index (χ1n) is 6.27. The minimum absolute atomic E-state index is 0.184. The van der Waals surface area contributed by atoms with Gasteiger partial charge in [0, 0.05) is 25.2 Å². The number of aryl methyl sites for hydroxylation is 1. The molecule has 0 bridgehead atoms. The van der Waals surface area contributed by atoms with E-state index in [9.17, 15) is 13.2 Å². The Morgan fingerprint density at radius 3 is 2.71 bits per heavy atom. The lowest BCUT2D eigenvalue weighted by Gasteiger charge is -2.18. The van der Waals surface area contributed by atoms with Gasteiger partial charge in [-0.1, -0.05) is 22.0 Å². The van der Waals surface area contributed by atoms with Crippen LogP contribution in [0.15, 0.2) is 27.6 Å². The van der Waals surface area contributed by atoms with Crippen LogP contribution in [0.1, 0.15) is 5.56 Å². The molecule has 1 aromatic carbocycles. The number of likely N-dealkylation sites (N-methyl/N-ethyl adjacent to an activating group) is 1. The van der Waals surface area contributed by atoms with Gasteiger partial charge in [-0.3, -0.25) is 4.79 Å². The summed E-state index contributed by atoms with van der Waals surface area (Å²) in [5, 5.41) is 2.58. The molecule has 6 nitrogen and oxygen atoms in total. The number of hydrogen-bond acceptors (Lipinski definition) is 4. The molecule has 1 rings (SSSR count). The van der Waals surface area contributed by atoms with Gasteiger partial charge in [0.1, 0.15) is 0 Å². The van der Waals surface area contributed by atoms with Gasteiger partial charge in [-0.2, -0.15) is 4.31 Å². The van der Waals surface area contributed by atoms with Gasteiger partial charge in [0.05, 0.1) is 18.0 Å². The summed E-state index contributed by atoms with van der Waals surface area (Å²) in [6.45, 7) is 2.20. The molecule has 21 heavy (non-hydrogen) atoms. The third-order valence-corrected chi connectivity index (χ3v) is 5.27. The average Bonchev–Trinajstić information content (AvgIpc) is 2.41. The van der Waals surface area contributed by atoms with Crippen LogP contribution in [0.25, 0.3) is 0 Å². The quantitative estimate of drug-likeness (QED) is 0.721. The lowest BCUT2D eigenvalue weighted by Crippen LogP contribution is -2.39. The van der Waals surface area contributed by atoms with Gasteiger partial charge in [0.25, 0.3) is 0 Å². The van der Waals surface area contributed by atoms with Crippen molar-refractivity contribution in [2.45, 2.75) is 11.8 Å². The van der Waals surface area contributed by atoms with Crippen molar-refractivity contribution in [3.63, 3.8) is 0 Å². The van der Waals surface area contributed by atoms with Gasteiger partial charge in [-0.05, 0) is 24.6 Å². The molecule has 118 valence electrons. The van der Waals surface area contributed by atoms with Gasteiger partial charge in [-0.15, -0.1) is 0 Å². The van der Waals surface area contributed by atoms with E-state index in [2.05, 4.69) is 21.2 Å². The molecule has 0 unspecified atom stereocenters. The van der Waals surface area contributed by atoms with Gasteiger partial charge < -0.3 is 10.1 Å². The van der Waals surface area contributed by atoms with Gasteiger partial charge in [0.2, 0.25) is 15.9 Å². The number of benzene rings is 1. The van der Waals surface area contributed by atoms with Crippen molar-refractivity contribution in [1.29, 1.82) is 0 Å². The lowest BCUT2D eigenvalue weighted by molar-refractivity contribution is -0.121. The molecule has 0 atom stereocenters. The largest absolute Gasteiger partial charge is 0.383 e. The first-order chi connectivity index (χ1) is 9.78. The number of nitrogens with one attached hydrogen (secondary N) is 1. The van der Waals surface area contributed by atoms with Crippen LogP contribution >= 0.6 is 15.9 Å². The molecule has 0 aliphatic rings. The summed E-state index contributed by atoms with van der Waals surface area (Å²) in [5.41, 5.74) is 0.629. The summed E-state index contributed by atoms with van der Waals surface area (Å²) in [7, 11) is -0.799. The zero-order valence-corrected chi connectivity index (χ0v) is 14.6. The molecular weight excluding hydrogens is 360 g/mol. The molecule has 0 radical (unpaired) electrons. The monoisotopic (exact) mass is 378 g/mol. The lowest BCUT2D eigenvalue weighted by atomic mass is 10.2. The molecular formula is C13H19BrN2O4S. The van der Waals surface area contributed by atoms with E-state index in [1.807, 2.05) is 0 Å². The van der Waals surface area contributed by atoms with Crippen LogP contribution in [0.4, 0.5) is 0 Å². The fraction of sp³-hybridized carbons (Fsp3) is 0.462. The molecule has 1 amide bonds. The average molecular weight is 379 g/mol. The normalized spacial score (nSPS) is 11.7. The second-order valence-corrected chi connectivity index (χ2v) is 7.44. The van der Waals surface area contributed by atoms with Gasteiger partial charge in [-0.25, -0.2) is 8.42 Å². The minimum Gasteiger partial charge on any atom is -0.383 e. The van der Waals surface area contributed by atoms with Crippen LogP contribution in [-0.2, 0) is 19.6 Å². The summed E-state index contributed by atoms with van der Waals surface area (Å²) in [4.78, 5) is 11.9. The highest BCUT2D eigenvalue weighted by molar-refractivity contribution is 9.10. The van der Waals surface area contributed by atoms with Gasteiger partial charge >= 0.3 is 0 Å². The van der Waals surface area contributed by atoms with Crippen molar-refractivity contribution < 1.29 is 17.9 Å². The maximum atomic E-state index is 12.5. The van der Waals surface area contributed by atoms with Crippen LogP contribution < -0.4 is 5.32 Å². The summed E-state index contributed by atoms with van der Waals surface area (Å²) >= 11 is 3.25. The van der Waals surface area contributed by atoms with Crippen LogP contribution in [0, 0.1) is 6.92 Å². The van der Waals surface area contributed by atoms with E-state index in [1.54, 1.807) is 19.1 Å². The summed E-state index contributed by atoms with van der Waals surface area (Å²) in [6, 6.07) is 5.01. The van der Waals surface area contributed by atoms with Crippen LogP contribution in [0.5, 0.6) is 0 Å². The highest BCUT2D eigenvalue weighted by atomic mass is 79.9. The van der Waals surface area contributed by atoms with Gasteiger partial charge in [0.15, 0.2) is 0 Å². The molecule has 0 heterocycles. The summed E-state index contributed by atoms with van der Waals surface area (Å²) < 4.78 is 31.5. The van der Waals surface area contributed by atoms with E-state index in [4.69, 9.17) is 4.74 Å². The van der Waals surface area contributed by atoms with Crippen molar-refractivity contribution in [2.24, 2.45) is 0 Å². The molecule has 0 saturated carbocycles. The van der Waals surface area contributed by atoms with Crippen molar-refractivity contribution in [3.05, 3.63) is 28.2 Å². The Balaban J connectivity index is 2.82. The third kappa shape index (κ3) is 5.06. The van der Waals surface area contributed by atoms with Crippen LogP contribution in [0.3, 0.4) is 0 Å². The summed E-state index contributed by atoms with van der Waals surface area (Å²) in [5.74, 6) is -0.370. The Morgan fingerprint density at radius 1 is 1.43 bits per heavy atom. The maximum Gasteiger partial charge on any atom is 0.243 e. The predicted octanol–water partition coefficient (Wildman–Crippen LogP) is 1.14. The maximum absolute atomic E-state index is 12.5. The number of methoxy groups -OCH3 is 1. The minimum atomic E-state index is -3.71. The van der Waals surface area contributed by atoms with E-state index in [-0.39, 0.29) is 17.3 Å². The first kappa shape index (κ1) is 18.1. The molecule has 0 fully saturated rings. The predicted molar refractivity (Wildman–Crippen MR) is 83.6 cm³/mol. The van der Waals surface area contributed by atoms with Crippen LogP contribution in [-0.4, -0.2) is 52.5 Å². The Bertz CT molecular complexity index is 604. The topological polar surface area (TPSA) is 75.7 Å². The highest BCUT2D eigenvalue weighted by Crippen LogP contribution is 2.23. The number of carbonyl (C=O) groups excluding carboxylic acids is 1. The van der Waals surface area contributed by atoms with Crippen molar-refractivity contribution in [1.82, 2.24) is 9.62 Å². The van der Waals surface area contributed by atoms with Crippen LogP contribution in [0.2, 0.25) is 0 Å². The molecule has 0 aromatic heterocycles. The van der Waals surface area contributed by atoms with Crippen molar-refractivity contribution in [2.75, 3.05) is 33.9 Å². The molecule has 0 spiro atoms. The number of nitrogens with zero attached hydrogens (tertiary/aromatic N) is 1. The Morgan fingerprint density at radius 2 is 2.10 bits per heavy atom. The van der Waals surface area contributed by atoms with Crippen molar-refractivity contribution >= 4 is 31.9 Å². The third-order valence-electron chi connectivity index (χ3n) is 2.83. The number of ether oxygens (including phenoxy) is 1. The number of carbonyl (C=O) groups is 1. The number of hydrogen-bond donors (Lipinski definition) is 1. The number of sulfonamides is 1. The Kier molecular flexibility index (Phi) is 6.79. The number of rotatable bonds is 7. The fourth-order valence-electron chi connectivity index (χ4n) is 1.66. The van der Waals surface area contributed by atoms with E-state index in [0.29, 0.717) is 23.2 Å². The summed E-state index contributed by atoms with van der Waals surface area (Å²) in [6.07, 6.45) is 0. The molecule has 1 N–H and O–H groups in total. The smallest absolute Gasteiger partial charge is 0.243 e. The first-order valence-corrected chi connectivity index (χ1v) is 8.50. The molecule has 0 aliphatic carbocycles. The van der Waals surface area contributed by atoms with E-state index in [0.717, 1.165) is 4.31 Å². The second kappa shape index (κ2) is 7.88. The van der Waals surface area contributed by atoms with E-state index < -0.39 is 10.0 Å². The van der Waals surface area contributed by atoms with E-state index >= 15 is 0 Å². The molecule has 1 aromatic rings. The fourth-order valence-corrected chi connectivity index (χ4v) is 3.54. The second-order valence-electron chi connectivity index (χ2n) is 4.51. The number of halogens is 1. The standard InChI is InChI=1S/C13H19BrN2O4S/c1-10-4-5-11(14)8-12(10)21(18,19)16(2)9-13(17)15-6-7-20-3/h4-5,8H,6-7,9H2,1-3H3,(H,15,17).